The van der Waals surface area contributed by atoms with E-state index in [2.05, 4.69) is 17.1 Å². The number of carbonyl (C=O) groups excluding carboxylic acids is 1. The molecule has 2 saturated heterocycles. The van der Waals surface area contributed by atoms with E-state index in [9.17, 15) is 4.79 Å². The van der Waals surface area contributed by atoms with Gasteiger partial charge in [0.05, 0.1) is 13.2 Å². The number of nitrogens with two attached hydrogens (primary N) is 1. The molecule has 0 saturated carbocycles. The first-order chi connectivity index (χ1) is 11.2. The highest BCUT2D eigenvalue weighted by Gasteiger charge is 2.29. The Morgan fingerprint density at radius 1 is 1.26 bits per heavy atom. The molecule has 1 aromatic rings. The molecular formula is C17H24N4O2. The van der Waals surface area contributed by atoms with Gasteiger partial charge in [-0.3, -0.25) is 9.79 Å². The van der Waals surface area contributed by atoms with Gasteiger partial charge in [0.25, 0.3) is 0 Å². The van der Waals surface area contributed by atoms with Gasteiger partial charge in [-0.1, -0.05) is 30.3 Å². The maximum Gasteiger partial charge on any atom is 0.223 e. The van der Waals surface area contributed by atoms with E-state index in [0.29, 0.717) is 38.7 Å². The van der Waals surface area contributed by atoms with Crippen LogP contribution in [0.4, 0.5) is 0 Å². The minimum atomic E-state index is 0.207. The first-order valence-corrected chi connectivity index (χ1v) is 8.16. The minimum absolute atomic E-state index is 0.207. The number of guanidine groups is 1. The van der Waals surface area contributed by atoms with Crippen molar-refractivity contribution in [3.63, 3.8) is 0 Å². The molecule has 1 atom stereocenters. The number of amides is 1. The van der Waals surface area contributed by atoms with Gasteiger partial charge in [0, 0.05) is 45.1 Å². The van der Waals surface area contributed by atoms with Crippen molar-refractivity contribution >= 4 is 11.9 Å². The molecule has 124 valence electrons. The largest absolute Gasteiger partial charge is 0.378 e. The fraction of sp³-hybridized carbons (Fsp3) is 0.529. The standard InChI is InChI=1S/C17H24N4O2/c18-17(20-6-8-23-9-7-20)19-11-15-10-16(22)21(13-15)12-14-4-2-1-3-5-14/h1-5,15H,6-13H2,(H2,18,19). The number of aliphatic imine (C=N–C) groups is 1. The third-order valence-electron chi connectivity index (χ3n) is 4.36. The van der Waals surface area contributed by atoms with Crippen LogP contribution in [0.1, 0.15) is 12.0 Å². The Bertz CT molecular complexity index is 555. The van der Waals surface area contributed by atoms with Gasteiger partial charge in [-0.15, -0.1) is 0 Å². The molecule has 0 aromatic heterocycles. The summed E-state index contributed by atoms with van der Waals surface area (Å²) in [4.78, 5) is 20.6. The summed E-state index contributed by atoms with van der Waals surface area (Å²) in [7, 11) is 0. The predicted molar refractivity (Wildman–Crippen MR) is 88.8 cm³/mol. The van der Waals surface area contributed by atoms with E-state index in [1.54, 1.807) is 0 Å². The van der Waals surface area contributed by atoms with Crippen LogP contribution in [0.25, 0.3) is 0 Å². The van der Waals surface area contributed by atoms with Crippen molar-refractivity contribution in [1.29, 1.82) is 0 Å². The van der Waals surface area contributed by atoms with Gasteiger partial charge in [-0.2, -0.15) is 0 Å². The van der Waals surface area contributed by atoms with E-state index in [1.165, 1.54) is 0 Å². The van der Waals surface area contributed by atoms with E-state index < -0.39 is 0 Å². The molecule has 2 aliphatic heterocycles. The second-order valence-electron chi connectivity index (χ2n) is 6.13. The summed E-state index contributed by atoms with van der Waals surface area (Å²) in [6.45, 7) is 5.02. The van der Waals surface area contributed by atoms with Crippen LogP contribution in [0, 0.1) is 5.92 Å². The van der Waals surface area contributed by atoms with Crippen molar-refractivity contribution in [2.45, 2.75) is 13.0 Å². The Morgan fingerprint density at radius 2 is 2.00 bits per heavy atom. The van der Waals surface area contributed by atoms with Gasteiger partial charge in [0.15, 0.2) is 5.96 Å². The fourth-order valence-electron chi connectivity index (χ4n) is 3.05. The second-order valence-corrected chi connectivity index (χ2v) is 6.13. The average Bonchev–Trinajstić information content (AvgIpc) is 2.94. The lowest BCUT2D eigenvalue weighted by Crippen LogP contribution is -2.45. The third-order valence-corrected chi connectivity index (χ3v) is 4.36. The fourth-order valence-corrected chi connectivity index (χ4v) is 3.05. The Morgan fingerprint density at radius 3 is 2.74 bits per heavy atom. The van der Waals surface area contributed by atoms with Gasteiger partial charge >= 0.3 is 0 Å². The summed E-state index contributed by atoms with van der Waals surface area (Å²) in [5.41, 5.74) is 7.21. The van der Waals surface area contributed by atoms with Gasteiger partial charge in [0.2, 0.25) is 5.91 Å². The quantitative estimate of drug-likeness (QED) is 0.655. The van der Waals surface area contributed by atoms with Crippen LogP contribution in [0.3, 0.4) is 0 Å². The lowest BCUT2D eigenvalue weighted by molar-refractivity contribution is -0.128. The monoisotopic (exact) mass is 316 g/mol. The van der Waals surface area contributed by atoms with Crippen LogP contribution in [-0.2, 0) is 16.1 Å². The second kappa shape index (κ2) is 7.46. The Balaban J connectivity index is 1.51. The van der Waals surface area contributed by atoms with Gasteiger partial charge < -0.3 is 20.3 Å². The van der Waals surface area contributed by atoms with Crippen molar-refractivity contribution in [1.82, 2.24) is 9.80 Å². The number of likely N-dealkylation sites (tertiary alicyclic amines) is 1. The van der Waals surface area contributed by atoms with E-state index in [0.717, 1.165) is 25.2 Å². The minimum Gasteiger partial charge on any atom is -0.378 e. The highest BCUT2D eigenvalue weighted by molar-refractivity contribution is 5.79. The molecule has 23 heavy (non-hydrogen) atoms. The molecule has 6 nitrogen and oxygen atoms in total. The summed E-state index contributed by atoms with van der Waals surface area (Å²) in [6.07, 6.45) is 0.562. The summed E-state index contributed by atoms with van der Waals surface area (Å²) >= 11 is 0. The molecule has 2 heterocycles. The zero-order chi connectivity index (χ0) is 16.1. The first-order valence-electron chi connectivity index (χ1n) is 8.16. The van der Waals surface area contributed by atoms with E-state index >= 15 is 0 Å². The maximum atomic E-state index is 12.2. The molecule has 0 radical (unpaired) electrons. The Kier molecular flexibility index (Phi) is 5.12. The normalized spacial score (nSPS) is 22.7. The van der Waals surface area contributed by atoms with Gasteiger partial charge in [0.1, 0.15) is 0 Å². The van der Waals surface area contributed by atoms with Crippen molar-refractivity contribution in [3.05, 3.63) is 35.9 Å². The lowest BCUT2D eigenvalue weighted by atomic mass is 10.1. The Labute approximate surface area is 136 Å². The van der Waals surface area contributed by atoms with Crippen LogP contribution < -0.4 is 5.73 Å². The van der Waals surface area contributed by atoms with E-state index in [4.69, 9.17) is 10.5 Å². The smallest absolute Gasteiger partial charge is 0.223 e. The molecule has 0 bridgehead atoms. The molecule has 2 fully saturated rings. The predicted octanol–water partition coefficient (Wildman–Crippen LogP) is 0.682. The summed E-state index contributed by atoms with van der Waals surface area (Å²) in [5.74, 6) is 1.03. The number of carbonyl (C=O) groups is 1. The highest BCUT2D eigenvalue weighted by Crippen LogP contribution is 2.20. The van der Waals surface area contributed by atoms with Crippen LogP contribution >= 0.6 is 0 Å². The maximum absolute atomic E-state index is 12.2. The number of rotatable bonds is 4. The number of nitrogens with zero attached hydrogens (tertiary/aromatic N) is 3. The zero-order valence-corrected chi connectivity index (χ0v) is 13.4. The number of ether oxygens (including phenoxy) is 1. The molecule has 2 N–H and O–H groups in total. The number of hydrogen-bond acceptors (Lipinski definition) is 3. The first kappa shape index (κ1) is 15.8. The molecule has 2 aliphatic rings. The Hall–Kier alpha value is -2.08. The molecular weight excluding hydrogens is 292 g/mol. The van der Waals surface area contributed by atoms with Crippen molar-refractivity contribution in [2.75, 3.05) is 39.4 Å². The summed E-state index contributed by atoms with van der Waals surface area (Å²) in [6, 6.07) is 10.1. The summed E-state index contributed by atoms with van der Waals surface area (Å²) < 4.78 is 5.31. The third kappa shape index (κ3) is 4.22. The topological polar surface area (TPSA) is 71.2 Å². The van der Waals surface area contributed by atoms with Gasteiger partial charge in [-0.25, -0.2) is 0 Å². The van der Waals surface area contributed by atoms with Gasteiger partial charge in [-0.05, 0) is 5.56 Å². The van der Waals surface area contributed by atoms with Crippen molar-refractivity contribution < 1.29 is 9.53 Å². The van der Waals surface area contributed by atoms with Crippen LogP contribution in [0.15, 0.2) is 35.3 Å². The van der Waals surface area contributed by atoms with E-state index in [1.807, 2.05) is 28.0 Å². The lowest BCUT2D eigenvalue weighted by Gasteiger charge is -2.27. The zero-order valence-electron chi connectivity index (χ0n) is 13.4. The number of benzene rings is 1. The van der Waals surface area contributed by atoms with Crippen LogP contribution in [0.5, 0.6) is 0 Å². The highest BCUT2D eigenvalue weighted by atomic mass is 16.5. The molecule has 1 aromatic carbocycles. The SMILES string of the molecule is NC(=NCC1CC(=O)N(Cc2ccccc2)C1)N1CCOCC1. The van der Waals surface area contributed by atoms with Crippen LogP contribution in [-0.4, -0.2) is 61.1 Å². The number of hydrogen-bond donors (Lipinski definition) is 1. The van der Waals surface area contributed by atoms with Crippen molar-refractivity contribution in [2.24, 2.45) is 16.6 Å². The average molecular weight is 316 g/mol. The van der Waals surface area contributed by atoms with Crippen LogP contribution in [0.2, 0.25) is 0 Å². The van der Waals surface area contributed by atoms with Crippen molar-refractivity contribution in [3.8, 4) is 0 Å². The summed E-state index contributed by atoms with van der Waals surface area (Å²) in [5, 5.41) is 0. The number of morpholine rings is 1. The molecule has 6 heteroatoms. The molecule has 3 rings (SSSR count). The molecule has 0 spiro atoms. The molecule has 0 aliphatic carbocycles. The molecule has 1 amide bonds. The molecule has 1 unspecified atom stereocenters. The van der Waals surface area contributed by atoms with E-state index in [-0.39, 0.29) is 11.8 Å².